The van der Waals surface area contributed by atoms with Gasteiger partial charge in [-0.3, -0.25) is 9.69 Å². The Bertz CT molecular complexity index is 751. The number of hydrogen-bond acceptors (Lipinski definition) is 5. The molecule has 0 bridgehead atoms. The van der Waals surface area contributed by atoms with E-state index < -0.39 is 0 Å². The average molecular weight is 329 g/mol. The van der Waals surface area contributed by atoms with Crippen LogP contribution in [0.4, 0.5) is 0 Å². The van der Waals surface area contributed by atoms with E-state index >= 15 is 0 Å². The molecule has 4 rings (SSSR count). The first-order chi connectivity index (χ1) is 11.6. The van der Waals surface area contributed by atoms with Gasteiger partial charge in [-0.15, -0.1) is 0 Å². The van der Waals surface area contributed by atoms with E-state index in [0.29, 0.717) is 24.3 Å². The van der Waals surface area contributed by atoms with Crippen LogP contribution in [0.3, 0.4) is 0 Å². The SMILES string of the molecule is Cc1ccn2ncc(C(=O)N3CCN([C@@H]4CCC[C@@H]4O)CC3)c2n1. The fourth-order valence-corrected chi connectivity index (χ4v) is 3.88. The molecule has 128 valence electrons. The molecule has 1 aliphatic heterocycles. The van der Waals surface area contributed by atoms with Crippen molar-refractivity contribution in [3.63, 3.8) is 0 Å². The van der Waals surface area contributed by atoms with Crippen LogP contribution in [0.5, 0.6) is 0 Å². The predicted octanol–water partition coefficient (Wildman–Crippen LogP) is 0.709. The van der Waals surface area contributed by atoms with Gasteiger partial charge in [0.25, 0.3) is 5.91 Å². The van der Waals surface area contributed by atoms with Crippen LogP contribution >= 0.6 is 0 Å². The number of aromatic nitrogens is 3. The van der Waals surface area contributed by atoms with Gasteiger partial charge < -0.3 is 10.0 Å². The molecule has 2 fully saturated rings. The maximum Gasteiger partial charge on any atom is 0.259 e. The molecule has 1 amide bonds. The molecule has 0 unspecified atom stereocenters. The summed E-state index contributed by atoms with van der Waals surface area (Å²) >= 11 is 0. The van der Waals surface area contributed by atoms with E-state index in [4.69, 9.17) is 0 Å². The molecule has 7 nitrogen and oxygen atoms in total. The summed E-state index contributed by atoms with van der Waals surface area (Å²) < 4.78 is 1.64. The Morgan fingerprint density at radius 1 is 1.25 bits per heavy atom. The van der Waals surface area contributed by atoms with Gasteiger partial charge in [-0.05, 0) is 32.3 Å². The molecule has 7 heteroatoms. The Hall–Kier alpha value is -1.99. The van der Waals surface area contributed by atoms with Gasteiger partial charge in [-0.2, -0.15) is 5.10 Å². The minimum absolute atomic E-state index is 0.00489. The molecule has 1 saturated heterocycles. The highest BCUT2D eigenvalue weighted by Crippen LogP contribution is 2.25. The summed E-state index contributed by atoms with van der Waals surface area (Å²) in [6, 6.07) is 2.14. The number of amides is 1. The van der Waals surface area contributed by atoms with Gasteiger partial charge in [-0.25, -0.2) is 9.50 Å². The zero-order valence-corrected chi connectivity index (χ0v) is 13.9. The molecule has 0 aromatic carbocycles. The summed E-state index contributed by atoms with van der Waals surface area (Å²) in [5.41, 5.74) is 2.05. The second-order valence-corrected chi connectivity index (χ2v) is 6.79. The van der Waals surface area contributed by atoms with Crippen LogP contribution in [-0.4, -0.2) is 73.7 Å². The van der Waals surface area contributed by atoms with Gasteiger partial charge in [0.05, 0.1) is 12.3 Å². The van der Waals surface area contributed by atoms with E-state index in [1.54, 1.807) is 10.7 Å². The Morgan fingerprint density at radius 2 is 2.04 bits per heavy atom. The number of carbonyl (C=O) groups excluding carboxylic acids is 1. The van der Waals surface area contributed by atoms with Gasteiger partial charge in [0.15, 0.2) is 5.65 Å². The molecule has 1 aliphatic carbocycles. The van der Waals surface area contributed by atoms with Crippen LogP contribution in [0.2, 0.25) is 0 Å². The quantitative estimate of drug-likeness (QED) is 0.878. The van der Waals surface area contributed by atoms with Crippen molar-refractivity contribution in [1.82, 2.24) is 24.4 Å². The Balaban J connectivity index is 1.47. The Kier molecular flexibility index (Phi) is 3.97. The van der Waals surface area contributed by atoms with Crippen LogP contribution in [0.25, 0.3) is 5.65 Å². The third-order valence-electron chi connectivity index (χ3n) is 5.25. The number of carbonyl (C=O) groups is 1. The van der Waals surface area contributed by atoms with E-state index in [2.05, 4.69) is 15.0 Å². The van der Waals surface area contributed by atoms with Crippen molar-refractivity contribution in [2.24, 2.45) is 0 Å². The highest BCUT2D eigenvalue weighted by molar-refractivity contribution is 5.99. The molecule has 0 spiro atoms. The summed E-state index contributed by atoms with van der Waals surface area (Å²) in [5.74, 6) is -0.00489. The first-order valence-corrected chi connectivity index (χ1v) is 8.66. The van der Waals surface area contributed by atoms with Crippen molar-refractivity contribution in [2.45, 2.75) is 38.3 Å². The maximum atomic E-state index is 12.8. The van der Waals surface area contributed by atoms with E-state index in [0.717, 1.165) is 38.0 Å². The number of fused-ring (bicyclic) bond motifs is 1. The molecule has 2 aromatic heterocycles. The highest BCUT2D eigenvalue weighted by atomic mass is 16.3. The van der Waals surface area contributed by atoms with Gasteiger partial charge in [0, 0.05) is 44.1 Å². The smallest absolute Gasteiger partial charge is 0.259 e. The molecule has 1 saturated carbocycles. The Morgan fingerprint density at radius 3 is 2.75 bits per heavy atom. The van der Waals surface area contributed by atoms with Crippen LogP contribution in [-0.2, 0) is 0 Å². The van der Waals surface area contributed by atoms with Crippen molar-refractivity contribution in [3.8, 4) is 0 Å². The molecule has 2 aliphatic rings. The van der Waals surface area contributed by atoms with Crippen molar-refractivity contribution in [1.29, 1.82) is 0 Å². The molecule has 2 aromatic rings. The second kappa shape index (κ2) is 6.14. The molecule has 24 heavy (non-hydrogen) atoms. The van der Waals surface area contributed by atoms with Crippen LogP contribution in [0.15, 0.2) is 18.5 Å². The maximum absolute atomic E-state index is 12.8. The van der Waals surface area contributed by atoms with Gasteiger partial charge in [-0.1, -0.05) is 0 Å². The van der Waals surface area contributed by atoms with Crippen LogP contribution in [0.1, 0.15) is 35.3 Å². The van der Waals surface area contributed by atoms with Gasteiger partial charge in [0.1, 0.15) is 5.56 Å². The molecule has 0 radical (unpaired) electrons. The summed E-state index contributed by atoms with van der Waals surface area (Å²) in [6.45, 7) is 4.92. The topological polar surface area (TPSA) is 74.0 Å². The second-order valence-electron chi connectivity index (χ2n) is 6.79. The van der Waals surface area contributed by atoms with E-state index in [1.807, 2.05) is 24.1 Å². The number of hydrogen-bond donors (Lipinski definition) is 1. The number of aliphatic hydroxyl groups excluding tert-OH is 1. The standard InChI is InChI=1S/C17H23N5O2/c1-12-5-6-22-16(19-12)13(11-18-22)17(24)21-9-7-20(8-10-21)14-3-2-4-15(14)23/h5-6,11,14-15,23H,2-4,7-10H2,1H3/t14-,15+/m1/s1. The monoisotopic (exact) mass is 329 g/mol. The van der Waals surface area contributed by atoms with E-state index in [1.165, 1.54) is 0 Å². The summed E-state index contributed by atoms with van der Waals surface area (Å²) in [6.07, 6.45) is 6.28. The first-order valence-electron chi connectivity index (χ1n) is 8.66. The number of aliphatic hydroxyl groups is 1. The van der Waals surface area contributed by atoms with Crippen molar-refractivity contribution < 1.29 is 9.90 Å². The number of aryl methyl sites for hydroxylation is 1. The van der Waals surface area contributed by atoms with E-state index in [-0.39, 0.29) is 18.1 Å². The largest absolute Gasteiger partial charge is 0.391 e. The minimum atomic E-state index is -0.209. The van der Waals surface area contributed by atoms with Crippen LogP contribution in [0, 0.1) is 6.92 Å². The lowest BCUT2D eigenvalue weighted by molar-refractivity contribution is 0.0316. The lowest BCUT2D eigenvalue weighted by Gasteiger charge is -2.39. The van der Waals surface area contributed by atoms with Crippen molar-refractivity contribution in [2.75, 3.05) is 26.2 Å². The number of rotatable bonds is 2. The lowest BCUT2D eigenvalue weighted by atomic mass is 10.1. The molecule has 1 N–H and O–H groups in total. The third kappa shape index (κ3) is 2.67. The molecular formula is C17H23N5O2. The van der Waals surface area contributed by atoms with E-state index in [9.17, 15) is 9.90 Å². The fraction of sp³-hybridized carbons (Fsp3) is 0.588. The summed E-state index contributed by atoms with van der Waals surface area (Å²) in [4.78, 5) is 21.5. The molecule has 3 heterocycles. The van der Waals surface area contributed by atoms with Crippen molar-refractivity contribution in [3.05, 3.63) is 29.7 Å². The summed E-state index contributed by atoms with van der Waals surface area (Å²) in [5, 5.41) is 14.3. The zero-order chi connectivity index (χ0) is 16.7. The van der Waals surface area contributed by atoms with Gasteiger partial charge >= 0.3 is 0 Å². The van der Waals surface area contributed by atoms with Crippen LogP contribution < -0.4 is 0 Å². The minimum Gasteiger partial charge on any atom is -0.391 e. The number of piperazine rings is 1. The lowest BCUT2D eigenvalue weighted by Crippen LogP contribution is -2.53. The fourth-order valence-electron chi connectivity index (χ4n) is 3.88. The Labute approximate surface area is 140 Å². The molecule has 2 atom stereocenters. The first kappa shape index (κ1) is 15.5. The predicted molar refractivity (Wildman–Crippen MR) is 88.8 cm³/mol. The molecular weight excluding hydrogens is 306 g/mol. The average Bonchev–Trinajstić information content (AvgIpc) is 3.20. The highest BCUT2D eigenvalue weighted by Gasteiger charge is 2.33. The van der Waals surface area contributed by atoms with Gasteiger partial charge in [0.2, 0.25) is 0 Å². The van der Waals surface area contributed by atoms with Crippen molar-refractivity contribution >= 4 is 11.6 Å². The normalized spacial score (nSPS) is 25.5. The third-order valence-corrected chi connectivity index (χ3v) is 5.25. The summed E-state index contributed by atoms with van der Waals surface area (Å²) in [7, 11) is 0. The zero-order valence-electron chi connectivity index (χ0n) is 13.9. The number of nitrogens with zero attached hydrogens (tertiary/aromatic N) is 5.